The highest BCUT2D eigenvalue weighted by molar-refractivity contribution is 5.77. The molecule has 1 aliphatic carbocycles. The molecule has 0 aliphatic heterocycles. The first-order valence-electron chi connectivity index (χ1n) is 10.2. The van der Waals surface area contributed by atoms with E-state index in [0.717, 1.165) is 35.3 Å². The van der Waals surface area contributed by atoms with E-state index in [1.807, 2.05) is 43.5 Å². The Morgan fingerprint density at radius 2 is 1.87 bits per heavy atom. The van der Waals surface area contributed by atoms with E-state index in [1.165, 1.54) is 0 Å². The average Bonchev–Trinajstić information content (AvgIpc) is 3.42. The number of nitrogens with one attached hydrogen (secondary N) is 1. The van der Waals surface area contributed by atoms with Crippen LogP contribution < -0.4 is 11.1 Å². The number of benzene rings is 1. The van der Waals surface area contributed by atoms with E-state index >= 15 is 0 Å². The number of amides is 1. The van der Waals surface area contributed by atoms with E-state index in [-0.39, 0.29) is 17.9 Å². The fourth-order valence-corrected chi connectivity index (χ4v) is 3.96. The van der Waals surface area contributed by atoms with Crippen LogP contribution in [-0.4, -0.2) is 41.9 Å². The Kier molecular flexibility index (Phi) is 4.78. The van der Waals surface area contributed by atoms with Gasteiger partial charge in [-0.3, -0.25) is 9.78 Å². The number of aryl methyl sites for hydroxylation is 1. The van der Waals surface area contributed by atoms with E-state index in [9.17, 15) is 4.79 Å². The summed E-state index contributed by atoms with van der Waals surface area (Å²) in [5.41, 5.74) is 10.6. The number of pyridine rings is 1. The summed E-state index contributed by atoms with van der Waals surface area (Å²) < 4.78 is 1.69. The minimum absolute atomic E-state index is 0.0873. The zero-order valence-electron chi connectivity index (χ0n) is 17.1. The van der Waals surface area contributed by atoms with Crippen molar-refractivity contribution in [1.29, 1.82) is 0 Å². The molecule has 31 heavy (non-hydrogen) atoms. The van der Waals surface area contributed by atoms with Gasteiger partial charge in [0.1, 0.15) is 0 Å². The predicted octanol–water partition coefficient (Wildman–Crippen LogP) is 2.65. The van der Waals surface area contributed by atoms with Gasteiger partial charge in [0, 0.05) is 29.4 Å². The third kappa shape index (κ3) is 3.81. The summed E-state index contributed by atoms with van der Waals surface area (Å²) in [5, 5.41) is 11.7. The molecule has 9 heteroatoms. The second kappa shape index (κ2) is 7.75. The van der Waals surface area contributed by atoms with Crippen LogP contribution in [0.4, 0.5) is 5.95 Å². The first kappa shape index (κ1) is 19.1. The number of nitrogens with zero attached hydrogens (tertiary/aromatic N) is 6. The number of nitrogens with two attached hydrogens (primary N) is 1. The lowest BCUT2D eigenvalue weighted by atomic mass is 10.1. The van der Waals surface area contributed by atoms with Crippen LogP contribution in [0.25, 0.3) is 28.0 Å². The number of carbonyl (C=O) groups is 1. The summed E-state index contributed by atoms with van der Waals surface area (Å²) >= 11 is 0. The number of anilines is 1. The number of primary amides is 1. The van der Waals surface area contributed by atoms with Gasteiger partial charge in [0.25, 0.3) is 0 Å². The summed E-state index contributed by atoms with van der Waals surface area (Å²) in [7, 11) is 0. The zero-order valence-corrected chi connectivity index (χ0v) is 17.1. The third-order valence-corrected chi connectivity index (χ3v) is 5.72. The van der Waals surface area contributed by atoms with E-state index in [2.05, 4.69) is 36.6 Å². The van der Waals surface area contributed by atoms with Gasteiger partial charge in [0.2, 0.25) is 11.9 Å². The largest absolute Gasteiger partial charge is 0.369 e. The molecule has 1 aliphatic rings. The standard InChI is InChI=1S/C22H22N8O/c1-13-2-3-16(11-24-13)14-5-8-18(9-6-14)30-21-19(28-29-30)12-25-22(27-21)26-17-7-4-15(10-17)20(23)31/h2-3,5-6,8-9,11-12,15,17H,4,7,10H2,1H3,(H2,23,31)(H,25,26,27)/t15-,17-/m1/s1. The average molecular weight is 414 g/mol. The molecule has 1 amide bonds. The molecule has 1 fully saturated rings. The summed E-state index contributed by atoms with van der Waals surface area (Å²) in [6.07, 6.45) is 5.87. The van der Waals surface area contributed by atoms with Gasteiger partial charge in [0.05, 0.1) is 11.9 Å². The quantitative estimate of drug-likeness (QED) is 0.514. The molecule has 3 aromatic heterocycles. The van der Waals surface area contributed by atoms with E-state index in [0.29, 0.717) is 23.5 Å². The maximum absolute atomic E-state index is 11.4. The highest BCUT2D eigenvalue weighted by Gasteiger charge is 2.28. The number of hydrogen-bond donors (Lipinski definition) is 2. The Balaban J connectivity index is 1.39. The van der Waals surface area contributed by atoms with Crippen molar-refractivity contribution in [1.82, 2.24) is 29.9 Å². The van der Waals surface area contributed by atoms with Crippen LogP contribution in [0, 0.1) is 12.8 Å². The van der Waals surface area contributed by atoms with Crippen LogP contribution >= 0.6 is 0 Å². The molecule has 1 saturated carbocycles. The maximum Gasteiger partial charge on any atom is 0.225 e. The molecular formula is C22H22N8O. The van der Waals surface area contributed by atoms with Crippen LogP contribution in [0.5, 0.6) is 0 Å². The highest BCUT2D eigenvalue weighted by atomic mass is 16.1. The zero-order chi connectivity index (χ0) is 21.4. The molecule has 5 rings (SSSR count). The van der Waals surface area contributed by atoms with E-state index in [1.54, 1.807) is 10.9 Å². The Hall–Kier alpha value is -3.88. The molecule has 0 radical (unpaired) electrons. The molecule has 4 aromatic rings. The van der Waals surface area contributed by atoms with Crippen LogP contribution in [-0.2, 0) is 4.79 Å². The van der Waals surface area contributed by atoms with Gasteiger partial charge < -0.3 is 11.1 Å². The number of hydrogen-bond acceptors (Lipinski definition) is 7. The molecule has 3 heterocycles. The number of aromatic nitrogens is 6. The Labute approximate surface area is 178 Å². The molecule has 2 atom stereocenters. The van der Waals surface area contributed by atoms with Crippen molar-refractivity contribution in [3.05, 3.63) is 54.5 Å². The van der Waals surface area contributed by atoms with Gasteiger partial charge in [-0.25, -0.2) is 4.98 Å². The monoisotopic (exact) mass is 414 g/mol. The number of rotatable bonds is 5. The molecule has 0 bridgehead atoms. The van der Waals surface area contributed by atoms with Gasteiger partial charge in [-0.1, -0.05) is 23.4 Å². The van der Waals surface area contributed by atoms with E-state index < -0.39 is 0 Å². The predicted molar refractivity (Wildman–Crippen MR) is 116 cm³/mol. The smallest absolute Gasteiger partial charge is 0.225 e. The first-order valence-corrected chi connectivity index (χ1v) is 10.2. The summed E-state index contributed by atoms with van der Waals surface area (Å²) in [4.78, 5) is 24.7. The van der Waals surface area contributed by atoms with Crippen LogP contribution in [0.3, 0.4) is 0 Å². The van der Waals surface area contributed by atoms with Gasteiger partial charge >= 0.3 is 0 Å². The minimum Gasteiger partial charge on any atom is -0.369 e. The van der Waals surface area contributed by atoms with Crippen molar-refractivity contribution in [3.63, 3.8) is 0 Å². The molecule has 1 aromatic carbocycles. The fourth-order valence-electron chi connectivity index (χ4n) is 3.96. The van der Waals surface area contributed by atoms with Crippen molar-refractivity contribution in [3.8, 4) is 16.8 Å². The molecule has 0 unspecified atom stereocenters. The second-order valence-corrected chi connectivity index (χ2v) is 7.89. The third-order valence-electron chi connectivity index (χ3n) is 5.72. The first-order chi connectivity index (χ1) is 15.1. The van der Waals surface area contributed by atoms with Crippen LogP contribution in [0.15, 0.2) is 48.8 Å². The number of carbonyl (C=O) groups excluding carboxylic acids is 1. The van der Waals surface area contributed by atoms with Crippen molar-refractivity contribution in [2.75, 3.05) is 5.32 Å². The fraction of sp³-hybridized carbons (Fsp3) is 0.273. The number of fused-ring (bicyclic) bond motifs is 1. The lowest BCUT2D eigenvalue weighted by Gasteiger charge is -2.12. The van der Waals surface area contributed by atoms with Crippen LogP contribution in [0.1, 0.15) is 25.0 Å². The summed E-state index contributed by atoms with van der Waals surface area (Å²) in [5.74, 6) is 0.164. The lowest BCUT2D eigenvalue weighted by Crippen LogP contribution is -2.23. The molecule has 9 nitrogen and oxygen atoms in total. The Morgan fingerprint density at radius 3 is 2.58 bits per heavy atom. The normalized spacial score (nSPS) is 18.4. The lowest BCUT2D eigenvalue weighted by molar-refractivity contribution is -0.121. The summed E-state index contributed by atoms with van der Waals surface area (Å²) in [6, 6.07) is 12.2. The molecular weight excluding hydrogens is 392 g/mol. The van der Waals surface area contributed by atoms with Crippen molar-refractivity contribution in [2.24, 2.45) is 11.7 Å². The minimum atomic E-state index is -0.243. The van der Waals surface area contributed by atoms with Gasteiger partial charge in [-0.15, -0.1) is 5.10 Å². The maximum atomic E-state index is 11.4. The van der Waals surface area contributed by atoms with Crippen molar-refractivity contribution < 1.29 is 4.79 Å². The van der Waals surface area contributed by atoms with Gasteiger partial charge in [-0.2, -0.15) is 9.67 Å². The molecule has 0 spiro atoms. The second-order valence-electron chi connectivity index (χ2n) is 7.89. The highest BCUT2D eigenvalue weighted by Crippen LogP contribution is 2.27. The molecule has 156 valence electrons. The van der Waals surface area contributed by atoms with Crippen LogP contribution in [0.2, 0.25) is 0 Å². The SMILES string of the molecule is Cc1ccc(-c2ccc(-n3nnc4cnc(N[C@@H]5CC[C@@H](C(N)=O)C5)nc43)cc2)cn1. The Morgan fingerprint density at radius 1 is 1.06 bits per heavy atom. The molecule has 3 N–H and O–H groups in total. The Bertz CT molecular complexity index is 1230. The topological polar surface area (TPSA) is 124 Å². The molecule has 0 saturated heterocycles. The van der Waals surface area contributed by atoms with Crippen molar-refractivity contribution >= 4 is 23.0 Å². The summed E-state index contributed by atoms with van der Waals surface area (Å²) in [6.45, 7) is 1.97. The van der Waals surface area contributed by atoms with Gasteiger partial charge in [-0.05, 0) is 49.9 Å². The van der Waals surface area contributed by atoms with Gasteiger partial charge in [0.15, 0.2) is 11.2 Å². The van der Waals surface area contributed by atoms with Crippen molar-refractivity contribution in [2.45, 2.75) is 32.2 Å². The van der Waals surface area contributed by atoms with E-state index in [4.69, 9.17) is 5.73 Å².